The number of thiophene rings is 1. The van der Waals surface area contributed by atoms with Gasteiger partial charge in [-0.2, -0.15) is 0 Å². The van der Waals surface area contributed by atoms with E-state index in [1.54, 1.807) is 36.4 Å². The van der Waals surface area contributed by atoms with E-state index in [2.05, 4.69) is 10.6 Å². The van der Waals surface area contributed by atoms with Crippen LogP contribution in [0.15, 0.2) is 65.3 Å². The van der Waals surface area contributed by atoms with E-state index in [0.29, 0.717) is 16.2 Å². The second kappa shape index (κ2) is 8.26. The van der Waals surface area contributed by atoms with E-state index >= 15 is 0 Å². The molecule has 2 heterocycles. The molecule has 3 aromatic rings. The van der Waals surface area contributed by atoms with Crippen LogP contribution < -0.4 is 10.6 Å². The van der Waals surface area contributed by atoms with Crippen molar-refractivity contribution >= 4 is 28.9 Å². The van der Waals surface area contributed by atoms with Crippen molar-refractivity contribution in [3.05, 3.63) is 81.9 Å². The van der Waals surface area contributed by atoms with Crippen molar-refractivity contribution < 1.29 is 18.8 Å². The second-order valence-electron chi connectivity index (χ2n) is 5.41. The first kappa shape index (κ1) is 17.6. The standard InChI is InChI=1S/C19H16N2O4S/c22-17(13-5-2-1-3-6-13)16-9-8-15(26-16)12-21-19(24)18(23)20-11-14-7-4-10-25-14/h1-10H,11-12H2,(H,20,23)(H,21,24). The summed E-state index contributed by atoms with van der Waals surface area (Å²) >= 11 is 1.29. The number of nitrogens with one attached hydrogen (secondary N) is 2. The Bertz CT molecular complexity index is 901. The predicted molar refractivity (Wildman–Crippen MR) is 96.6 cm³/mol. The van der Waals surface area contributed by atoms with Gasteiger partial charge in [0.05, 0.1) is 24.2 Å². The van der Waals surface area contributed by atoms with Gasteiger partial charge in [0.1, 0.15) is 5.76 Å². The summed E-state index contributed by atoms with van der Waals surface area (Å²) in [5.74, 6) is -0.975. The number of carbonyl (C=O) groups is 3. The van der Waals surface area contributed by atoms with Crippen molar-refractivity contribution in [2.75, 3.05) is 0 Å². The number of carbonyl (C=O) groups excluding carboxylic acids is 3. The zero-order chi connectivity index (χ0) is 18.4. The SMILES string of the molecule is O=C(NCc1ccco1)C(=O)NCc1ccc(C(=O)c2ccccc2)s1. The molecule has 0 aliphatic carbocycles. The fourth-order valence-electron chi connectivity index (χ4n) is 2.24. The average molecular weight is 368 g/mol. The van der Waals surface area contributed by atoms with Crippen LogP contribution in [0.1, 0.15) is 25.9 Å². The van der Waals surface area contributed by atoms with Gasteiger partial charge < -0.3 is 15.1 Å². The Balaban J connectivity index is 1.50. The largest absolute Gasteiger partial charge is 0.467 e. The summed E-state index contributed by atoms with van der Waals surface area (Å²) in [6, 6.07) is 15.9. The van der Waals surface area contributed by atoms with Crippen molar-refractivity contribution in [3.63, 3.8) is 0 Å². The Hall–Kier alpha value is -3.19. The van der Waals surface area contributed by atoms with Crippen molar-refractivity contribution in [1.29, 1.82) is 0 Å². The van der Waals surface area contributed by atoms with Crippen LogP contribution in [0, 0.1) is 0 Å². The molecule has 0 atom stereocenters. The fraction of sp³-hybridized carbons (Fsp3) is 0.105. The van der Waals surface area contributed by atoms with Crippen LogP contribution in [0.4, 0.5) is 0 Å². The first-order valence-electron chi connectivity index (χ1n) is 7.90. The van der Waals surface area contributed by atoms with E-state index in [4.69, 9.17) is 4.42 Å². The lowest BCUT2D eigenvalue weighted by Crippen LogP contribution is -2.39. The van der Waals surface area contributed by atoms with Gasteiger partial charge in [0, 0.05) is 10.4 Å². The number of benzene rings is 1. The maximum atomic E-state index is 12.4. The lowest BCUT2D eigenvalue weighted by Gasteiger charge is -2.04. The molecule has 1 aromatic carbocycles. The molecule has 0 spiro atoms. The van der Waals surface area contributed by atoms with Crippen LogP contribution in [-0.4, -0.2) is 17.6 Å². The van der Waals surface area contributed by atoms with E-state index in [9.17, 15) is 14.4 Å². The van der Waals surface area contributed by atoms with Crippen LogP contribution >= 0.6 is 11.3 Å². The Morgan fingerprint density at radius 1 is 0.846 bits per heavy atom. The minimum Gasteiger partial charge on any atom is -0.467 e. The third-order valence-electron chi connectivity index (χ3n) is 3.55. The number of amides is 2. The summed E-state index contributed by atoms with van der Waals surface area (Å²) in [6.07, 6.45) is 1.49. The van der Waals surface area contributed by atoms with Crippen LogP contribution in [0.25, 0.3) is 0 Å². The molecular weight excluding hydrogens is 352 g/mol. The smallest absolute Gasteiger partial charge is 0.309 e. The predicted octanol–water partition coefficient (Wildman–Crippen LogP) is 2.50. The molecule has 132 valence electrons. The van der Waals surface area contributed by atoms with Gasteiger partial charge in [-0.05, 0) is 24.3 Å². The summed E-state index contributed by atoms with van der Waals surface area (Å²) in [5, 5.41) is 5.01. The number of hydrogen-bond donors (Lipinski definition) is 2. The maximum absolute atomic E-state index is 12.4. The zero-order valence-electron chi connectivity index (χ0n) is 13.7. The molecule has 26 heavy (non-hydrogen) atoms. The summed E-state index contributed by atoms with van der Waals surface area (Å²) in [5.41, 5.74) is 0.613. The van der Waals surface area contributed by atoms with Gasteiger partial charge in [-0.15, -0.1) is 11.3 Å². The number of hydrogen-bond acceptors (Lipinski definition) is 5. The van der Waals surface area contributed by atoms with Crippen LogP contribution in [0.2, 0.25) is 0 Å². The van der Waals surface area contributed by atoms with E-state index in [0.717, 1.165) is 4.88 Å². The Kier molecular flexibility index (Phi) is 5.60. The second-order valence-corrected chi connectivity index (χ2v) is 6.57. The highest BCUT2D eigenvalue weighted by molar-refractivity contribution is 7.14. The molecule has 3 rings (SSSR count). The third-order valence-corrected chi connectivity index (χ3v) is 4.64. The van der Waals surface area contributed by atoms with Gasteiger partial charge in [0.2, 0.25) is 5.78 Å². The van der Waals surface area contributed by atoms with Gasteiger partial charge in [-0.1, -0.05) is 30.3 Å². The Labute approximate surface area is 153 Å². The highest BCUT2D eigenvalue weighted by Crippen LogP contribution is 2.20. The van der Waals surface area contributed by atoms with Crippen LogP contribution in [0.3, 0.4) is 0 Å². The molecule has 0 fully saturated rings. The molecule has 6 nitrogen and oxygen atoms in total. The lowest BCUT2D eigenvalue weighted by atomic mass is 10.1. The van der Waals surface area contributed by atoms with Gasteiger partial charge >= 0.3 is 11.8 Å². The van der Waals surface area contributed by atoms with Gasteiger partial charge in [-0.25, -0.2) is 0 Å². The topological polar surface area (TPSA) is 88.4 Å². The normalized spacial score (nSPS) is 10.3. The minimum atomic E-state index is -0.737. The number of furan rings is 1. The number of ketones is 1. The summed E-state index contributed by atoms with van der Waals surface area (Å²) in [4.78, 5) is 37.3. The van der Waals surface area contributed by atoms with Crippen molar-refractivity contribution in [2.45, 2.75) is 13.1 Å². The zero-order valence-corrected chi connectivity index (χ0v) is 14.5. The quantitative estimate of drug-likeness (QED) is 0.517. The summed E-state index contributed by atoms with van der Waals surface area (Å²) < 4.78 is 5.08. The van der Waals surface area contributed by atoms with Gasteiger partial charge in [0.25, 0.3) is 0 Å². The summed E-state index contributed by atoms with van der Waals surface area (Å²) in [6.45, 7) is 0.327. The van der Waals surface area contributed by atoms with Crippen molar-refractivity contribution in [1.82, 2.24) is 10.6 Å². The van der Waals surface area contributed by atoms with Gasteiger partial charge in [0.15, 0.2) is 0 Å². The molecular formula is C19H16N2O4S. The highest BCUT2D eigenvalue weighted by Gasteiger charge is 2.15. The van der Waals surface area contributed by atoms with E-state index in [1.165, 1.54) is 17.6 Å². The lowest BCUT2D eigenvalue weighted by molar-refractivity contribution is -0.139. The fourth-order valence-corrected chi connectivity index (χ4v) is 3.14. The first-order valence-corrected chi connectivity index (χ1v) is 8.72. The molecule has 2 amide bonds. The van der Waals surface area contributed by atoms with Crippen molar-refractivity contribution in [3.8, 4) is 0 Å². The summed E-state index contributed by atoms with van der Waals surface area (Å²) in [7, 11) is 0. The Morgan fingerprint density at radius 3 is 2.27 bits per heavy atom. The molecule has 7 heteroatoms. The first-order chi connectivity index (χ1) is 12.6. The molecule has 0 radical (unpaired) electrons. The minimum absolute atomic E-state index is 0.0654. The highest BCUT2D eigenvalue weighted by atomic mass is 32.1. The third kappa shape index (κ3) is 4.46. The van der Waals surface area contributed by atoms with Crippen LogP contribution in [0.5, 0.6) is 0 Å². The monoisotopic (exact) mass is 368 g/mol. The van der Waals surface area contributed by atoms with E-state index in [-0.39, 0.29) is 18.9 Å². The molecule has 0 unspecified atom stereocenters. The molecule has 0 aliphatic rings. The molecule has 0 bridgehead atoms. The van der Waals surface area contributed by atoms with E-state index < -0.39 is 11.8 Å². The van der Waals surface area contributed by atoms with E-state index in [1.807, 2.05) is 18.2 Å². The molecule has 2 N–H and O–H groups in total. The average Bonchev–Trinajstić information content (AvgIpc) is 3.36. The van der Waals surface area contributed by atoms with Gasteiger partial charge in [-0.3, -0.25) is 14.4 Å². The van der Waals surface area contributed by atoms with Crippen LogP contribution in [-0.2, 0) is 22.7 Å². The molecule has 0 aliphatic heterocycles. The van der Waals surface area contributed by atoms with Crippen molar-refractivity contribution in [2.24, 2.45) is 0 Å². The maximum Gasteiger partial charge on any atom is 0.309 e. The molecule has 0 saturated heterocycles. The Morgan fingerprint density at radius 2 is 1.58 bits per heavy atom. The molecule has 0 saturated carbocycles. The molecule has 2 aromatic heterocycles. The number of rotatable bonds is 6.